The van der Waals surface area contributed by atoms with Crippen LogP contribution in [0.3, 0.4) is 0 Å². The zero-order chi connectivity index (χ0) is 14.4. The van der Waals surface area contributed by atoms with Gasteiger partial charge in [-0.1, -0.05) is 49.4 Å². The first-order valence-corrected chi connectivity index (χ1v) is 8.05. The number of benzene rings is 1. The molecule has 0 radical (unpaired) electrons. The predicted molar refractivity (Wildman–Crippen MR) is 85.4 cm³/mol. The van der Waals surface area contributed by atoms with Gasteiger partial charge in [0.05, 0.1) is 5.60 Å². The van der Waals surface area contributed by atoms with Gasteiger partial charge in [0.1, 0.15) is 0 Å². The maximum Gasteiger partial charge on any atom is 0.0834 e. The van der Waals surface area contributed by atoms with Crippen LogP contribution in [0.5, 0.6) is 0 Å². The summed E-state index contributed by atoms with van der Waals surface area (Å²) in [4.78, 5) is 0. The first kappa shape index (κ1) is 15.8. The molecule has 1 aliphatic rings. The van der Waals surface area contributed by atoms with Crippen molar-refractivity contribution in [3.8, 4) is 0 Å². The minimum Gasteiger partial charge on any atom is -0.377 e. The molecule has 0 heterocycles. The third-order valence-corrected chi connectivity index (χ3v) is 4.90. The van der Waals surface area contributed by atoms with Gasteiger partial charge in [-0.2, -0.15) is 0 Å². The van der Waals surface area contributed by atoms with Crippen molar-refractivity contribution in [3.05, 3.63) is 34.9 Å². The average Bonchev–Trinajstić information content (AvgIpc) is 2.71. The van der Waals surface area contributed by atoms with Gasteiger partial charge in [0, 0.05) is 18.2 Å². The second-order valence-electron chi connectivity index (χ2n) is 5.86. The molecule has 0 saturated heterocycles. The lowest BCUT2D eigenvalue weighted by molar-refractivity contribution is -0.0509. The van der Waals surface area contributed by atoms with Crippen molar-refractivity contribution in [2.45, 2.75) is 56.6 Å². The van der Waals surface area contributed by atoms with Crippen LogP contribution in [0.1, 0.15) is 44.1 Å². The van der Waals surface area contributed by atoms with Crippen LogP contribution in [0.2, 0.25) is 5.02 Å². The summed E-state index contributed by atoms with van der Waals surface area (Å²) in [6, 6.07) is 8.50. The number of halogens is 1. The summed E-state index contributed by atoms with van der Waals surface area (Å²) in [5.41, 5.74) is 1.24. The van der Waals surface area contributed by atoms with Crippen LogP contribution in [-0.2, 0) is 11.2 Å². The molecule has 20 heavy (non-hydrogen) atoms. The van der Waals surface area contributed by atoms with Crippen molar-refractivity contribution in [2.24, 2.45) is 0 Å². The van der Waals surface area contributed by atoms with Crippen molar-refractivity contribution in [3.63, 3.8) is 0 Å². The molecule has 1 saturated carbocycles. The number of ether oxygens (including phenoxy) is 1. The van der Waals surface area contributed by atoms with E-state index in [1.54, 1.807) is 0 Å². The minimum absolute atomic E-state index is 0.0342. The van der Waals surface area contributed by atoms with Gasteiger partial charge in [-0.3, -0.25) is 0 Å². The molecule has 2 nitrogen and oxygen atoms in total. The molecule has 1 unspecified atom stereocenters. The predicted octanol–water partition coefficient (Wildman–Crippen LogP) is 4.21. The Morgan fingerprint density at radius 3 is 2.50 bits per heavy atom. The van der Waals surface area contributed by atoms with E-state index in [0.29, 0.717) is 6.04 Å². The van der Waals surface area contributed by atoms with E-state index in [1.807, 2.05) is 26.3 Å². The lowest BCUT2D eigenvalue weighted by Crippen LogP contribution is -2.52. The second-order valence-corrected chi connectivity index (χ2v) is 6.29. The Labute approximate surface area is 127 Å². The number of methoxy groups -OCH3 is 1. The van der Waals surface area contributed by atoms with Gasteiger partial charge in [0.25, 0.3) is 0 Å². The zero-order valence-electron chi connectivity index (χ0n) is 12.6. The summed E-state index contributed by atoms with van der Waals surface area (Å²) in [5, 5.41) is 4.30. The normalized spacial score (nSPS) is 20.4. The van der Waals surface area contributed by atoms with Gasteiger partial charge < -0.3 is 10.1 Å². The summed E-state index contributed by atoms with van der Waals surface area (Å²) in [6.45, 7) is 0. The quantitative estimate of drug-likeness (QED) is 0.822. The highest BCUT2D eigenvalue weighted by molar-refractivity contribution is 6.30. The Morgan fingerprint density at radius 2 is 1.95 bits per heavy atom. The summed E-state index contributed by atoms with van der Waals surface area (Å²) in [7, 11) is 3.91. The van der Waals surface area contributed by atoms with Gasteiger partial charge >= 0.3 is 0 Å². The highest BCUT2D eigenvalue weighted by Crippen LogP contribution is 2.34. The lowest BCUT2D eigenvalue weighted by Gasteiger charge is -2.39. The molecular formula is C17H26ClNO. The molecule has 0 aliphatic heterocycles. The molecule has 1 aromatic rings. The molecule has 1 atom stereocenters. The Hall–Kier alpha value is -0.570. The standard InChI is InChI=1S/C17H26ClNO/c1-19-16(13-14-8-7-9-15(18)12-14)17(20-2)10-5-3-4-6-11-17/h7-9,12,16,19H,3-6,10-11,13H2,1-2H3. The first-order valence-electron chi connectivity index (χ1n) is 7.67. The van der Waals surface area contributed by atoms with Crippen LogP contribution in [0.25, 0.3) is 0 Å². The monoisotopic (exact) mass is 295 g/mol. The fourth-order valence-corrected chi connectivity index (χ4v) is 3.69. The molecular weight excluding hydrogens is 270 g/mol. The fourth-order valence-electron chi connectivity index (χ4n) is 3.47. The highest BCUT2D eigenvalue weighted by atomic mass is 35.5. The third kappa shape index (κ3) is 3.75. The zero-order valence-corrected chi connectivity index (χ0v) is 13.4. The molecule has 1 aliphatic carbocycles. The number of rotatable bonds is 5. The highest BCUT2D eigenvalue weighted by Gasteiger charge is 2.38. The summed E-state index contributed by atoms with van der Waals surface area (Å²) in [6.07, 6.45) is 8.45. The lowest BCUT2D eigenvalue weighted by atomic mass is 9.83. The van der Waals surface area contributed by atoms with Gasteiger partial charge in [0.2, 0.25) is 0 Å². The van der Waals surface area contributed by atoms with E-state index in [-0.39, 0.29) is 5.60 Å². The van der Waals surface area contributed by atoms with Gasteiger partial charge in [-0.25, -0.2) is 0 Å². The summed E-state index contributed by atoms with van der Waals surface area (Å²) < 4.78 is 6.02. The molecule has 1 aromatic carbocycles. The minimum atomic E-state index is -0.0342. The van der Waals surface area contributed by atoms with Gasteiger partial charge in [0.15, 0.2) is 0 Å². The molecule has 3 heteroatoms. The summed E-state index contributed by atoms with van der Waals surface area (Å²) >= 11 is 6.10. The van der Waals surface area contributed by atoms with E-state index >= 15 is 0 Å². The Balaban J connectivity index is 2.16. The second kappa shape index (κ2) is 7.44. The number of hydrogen-bond acceptors (Lipinski definition) is 2. The number of nitrogens with one attached hydrogen (secondary N) is 1. The molecule has 112 valence electrons. The summed E-state index contributed by atoms with van der Waals surface area (Å²) in [5.74, 6) is 0. The Morgan fingerprint density at radius 1 is 1.25 bits per heavy atom. The van der Waals surface area contributed by atoms with Gasteiger partial charge in [-0.05, 0) is 44.0 Å². The maximum atomic E-state index is 6.10. The van der Waals surface area contributed by atoms with Crippen molar-refractivity contribution in [2.75, 3.05) is 14.2 Å². The fraction of sp³-hybridized carbons (Fsp3) is 0.647. The molecule has 1 fully saturated rings. The van der Waals surface area contributed by atoms with Crippen molar-refractivity contribution >= 4 is 11.6 Å². The van der Waals surface area contributed by atoms with E-state index in [9.17, 15) is 0 Å². The maximum absolute atomic E-state index is 6.10. The molecule has 0 aromatic heterocycles. The molecule has 0 spiro atoms. The van der Waals surface area contributed by atoms with Gasteiger partial charge in [-0.15, -0.1) is 0 Å². The van der Waals surface area contributed by atoms with E-state index in [4.69, 9.17) is 16.3 Å². The SMILES string of the molecule is CNC(Cc1cccc(Cl)c1)C1(OC)CCCCCC1. The number of likely N-dealkylation sites (N-methyl/N-ethyl adjacent to an activating group) is 1. The smallest absolute Gasteiger partial charge is 0.0834 e. The molecule has 2 rings (SSSR count). The van der Waals surface area contributed by atoms with Crippen molar-refractivity contribution in [1.29, 1.82) is 0 Å². The van der Waals surface area contributed by atoms with E-state index < -0.39 is 0 Å². The van der Waals surface area contributed by atoms with Crippen LogP contribution >= 0.6 is 11.6 Å². The van der Waals surface area contributed by atoms with E-state index in [2.05, 4.69) is 17.4 Å². The largest absolute Gasteiger partial charge is 0.377 e. The van der Waals surface area contributed by atoms with Crippen LogP contribution in [0.4, 0.5) is 0 Å². The van der Waals surface area contributed by atoms with E-state index in [0.717, 1.165) is 24.3 Å². The molecule has 0 amide bonds. The molecule has 0 bridgehead atoms. The van der Waals surface area contributed by atoms with Crippen LogP contribution in [-0.4, -0.2) is 25.8 Å². The topological polar surface area (TPSA) is 21.3 Å². The average molecular weight is 296 g/mol. The Kier molecular flexibility index (Phi) is 5.88. The number of hydrogen-bond donors (Lipinski definition) is 1. The van der Waals surface area contributed by atoms with Crippen molar-refractivity contribution < 1.29 is 4.74 Å². The Bertz CT molecular complexity index is 413. The van der Waals surface area contributed by atoms with Crippen LogP contribution < -0.4 is 5.32 Å². The first-order chi connectivity index (χ1) is 9.70. The van der Waals surface area contributed by atoms with E-state index in [1.165, 1.54) is 31.2 Å². The van der Waals surface area contributed by atoms with Crippen LogP contribution in [0, 0.1) is 0 Å². The van der Waals surface area contributed by atoms with Crippen LogP contribution in [0.15, 0.2) is 24.3 Å². The molecule has 1 N–H and O–H groups in total. The van der Waals surface area contributed by atoms with Crippen molar-refractivity contribution in [1.82, 2.24) is 5.32 Å². The third-order valence-electron chi connectivity index (χ3n) is 4.67.